The normalized spacial score (nSPS) is 18.0. The number of phenolic OH excluding ortho intramolecular Hbond substituents is 1. The maximum Gasteiger partial charge on any atom is 0.269 e. The second-order valence-corrected chi connectivity index (χ2v) is 12.2. The Balaban J connectivity index is 1.18. The van der Waals surface area contributed by atoms with Gasteiger partial charge in [-0.25, -0.2) is 4.98 Å². The van der Waals surface area contributed by atoms with Crippen LogP contribution in [-0.4, -0.2) is 63.4 Å². The van der Waals surface area contributed by atoms with Crippen molar-refractivity contribution in [2.75, 3.05) is 13.7 Å². The molecule has 0 aliphatic carbocycles. The molecule has 246 valence electrons. The number of methoxy groups -OCH3 is 1. The van der Waals surface area contributed by atoms with Crippen molar-refractivity contribution in [1.29, 1.82) is 0 Å². The number of fused-ring (bicyclic) bond motifs is 9. The highest BCUT2D eigenvalue weighted by Gasteiger charge is 2.40. The zero-order valence-corrected chi connectivity index (χ0v) is 26.9. The summed E-state index contributed by atoms with van der Waals surface area (Å²) < 4.78 is 17.5. The molecule has 2 aliphatic rings. The number of H-pyrrole nitrogens is 1. The molecule has 13 heteroatoms. The van der Waals surface area contributed by atoms with Gasteiger partial charge >= 0.3 is 0 Å². The predicted octanol–water partition coefficient (Wildman–Crippen LogP) is 5.25. The Kier molecular flexibility index (Phi) is 8.17. The standard InChI is InChI=1S/C35H32ClN5O7/c1-18-24-16-37-33(44)25-15-21(38-34(45)32-31(36)22-5-3-4-6-23(22)39-32)17-41(25)30(43)12-8-19-7-10-26(42)28(13-19)48-29-14-20(35(40-24)47-18)9-11-27(29)46-2/h3-7,9-11,13-14,21,25,39,42H,8,12,15-17H2,1-2H3,(H,37,44)(H,38,45)/t21-,25-/m0/s1. The van der Waals surface area contributed by atoms with Crippen molar-refractivity contribution in [3.8, 4) is 34.5 Å². The van der Waals surface area contributed by atoms with Crippen LogP contribution >= 0.6 is 11.6 Å². The predicted molar refractivity (Wildman–Crippen MR) is 176 cm³/mol. The lowest BCUT2D eigenvalue weighted by Crippen LogP contribution is -2.46. The number of aromatic amines is 1. The van der Waals surface area contributed by atoms with Gasteiger partial charge < -0.3 is 39.5 Å². The minimum atomic E-state index is -0.839. The molecule has 0 saturated carbocycles. The van der Waals surface area contributed by atoms with Gasteiger partial charge in [-0.05, 0) is 61.7 Å². The largest absolute Gasteiger partial charge is 0.504 e. The molecule has 3 amide bonds. The van der Waals surface area contributed by atoms with Gasteiger partial charge in [-0.15, -0.1) is 0 Å². The third-order valence-corrected chi connectivity index (χ3v) is 9.13. The average molecular weight is 670 g/mol. The summed E-state index contributed by atoms with van der Waals surface area (Å²) in [4.78, 5) is 49.9. The van der Waals surface area contributed by atoms with Crippen molar-refractivity contribution in [2.45, 2.75) is 44.8 Å². The van der Waals surface area contributed by atoms with Crippen molar-refractivity contribution in [3.63, 3.8) is 0 Å². The highest BCUT2D eigenvalue weighted by molar-refractivity contribution is 6.38. The molecular formula is C35H32ClN5O7. The SMILES string of the molecule is COc1ccc2cc1Oc1cc(ccc1O)CCC(=O)N1C[C@@H](NC(=O)c3[nH]c4ccccc4c3Cl)C[C@H]1C(=O)NCc1nc-2oc1C. The lowest BCUT2D eigenvalue weighted by molar-refractivity contribution is -0.138. The number of carbonyl (C=O) groups excluding carboxylic acids is 3. The topological polar surface area (TPSA) is 159 Å². The van der Waals surface area contributed by atoms with E-state index in [2.05, 4.69) is 20.6 Å². The number of amides is 3. The van der Waals surface area contributed by atoms with E-state index in [0.29, 0.717) is 45.9 Å². The smallest absolute Gasteiger partial charge is 0.269 e. The number of aromatic hydroxyl groups is 1. The number of benzene rings is 3. The Morgan fingerprint density at radius 3 is 2.75 bits per heavy atom. The Morgan fingerprint density at radius 1 is 1.10 bits per heavy atom. The third kappa shape index (κ3) is 5.90. The number of carbonyl (C=O) groups is 3. The van der Waals surface area contributed by atoms with Crippen LogP contribution in [0.5, 0.6) is 23.0 Å². The number of aryl methyl sites for hydroxylation is 2. The number of aromatic nitrogens is 2. The molecule has 1 saturated heterocycles. The van der Waals surface area contributed by atoms with Gasteiger partial charge in [0.05, 0.1) is 18.7 Å². The van der Waals surface area contributed by atoms with Gasteiger partial charge in [0.1, 0.15) is 23.2 Å². The Bertz CT molecular complexity index is 2070. The second-order valence-electron chi connectivity index (χ2n) is 11.8. The highest BCUT2D eigenvalue weighted by atomic mass is 35.5. The summed E-state index contributed by atoms with van der Waals surface area (Å²) in [5.41, 5.74) is 2.79. The zero-order valence-electron chi connectivity index (χ0n) is 26.1. The lowest BCUT2D eigenvalue weighted by atomic mass is 10.1. The Hall–Kier alpha value is -5.49. The third-order valence-electron chi connectivity index (χ3n) is 8.73. The van der Waals surface area contributed by atoms with Crippen LogP contribution in [0.1, 0.15) is 40.3 Å². The van der Waals surface area contributed by atoms with Gasteiger partial charge in [0, 0.05) is 35.5 Å². The number of halogens is 1. The van der Waals surface area contributed by atoms with Crippen LogP contribution in [0.2, 0.25) is 5.02 Å². The van der Waals surface area contributed by atoms with Gasteiger partial charge in [-0.1, -0.05) is 35.9 Å². The van der Waals surface area contributed by atoms with E-state index >= 15 is 0 Å². The van der Waals surface area contributed by atoms with Crippen LogP contribution in [0.4, 0.5) is 0 Å². The number of nitrogens with zero attached hydrogens (tertiary/aromatic N) is 2. The average Bonchev–Trinajstić information content (AvgIpc) is 3.78. The minimum Gasteiger partial charge on any atom is -0.504 e. The van der Waals surface area contributed by atoms with Crippen molar-refractivity contribution in [3.05, 3.63) is 88.4 Å². The van der Waals surface area contributed by atoms with E-state index < -0.39 is 18.0 Å². The van der Waals surface area contributed by atoms with Crippen LogP contribution in [-0.2, 0) is 22.6 Å². The fourth-order valence-corrected chi connectivity index (χ4v) is 6.49. The Labute approximate surface area is 280 Å². The molecule has 6 bridgehead atoms. The maximum atomic E-state index is 13.7. The number of ether oxygens (including phenoxy) is 2. The molecule has 3 aromatic carbocycles. The fourth-order valence-electron chi connectivity index (χ4n) is 6.19. The molecule has 4 N–H and O–H groups in total. The van der Waals surface area contributed by atoms with Crippen molar-refractivity contribution >= 4 is 40.2 Å². The van der Waals surface area contributed by atoms with Crippen LogP contribution in [0.3, 0.4) is 0 Å². The molecular weight excluding hydrogens is 638 g/mol. The number of nitrogens with one attached hydrogen (secondary N) is 3. The van der Waals surface area contributed by atoms with Crippen LogP contribution in [0.15, 0.2) is 65.1 Å². The molecule has 4 heterocycles. The summed E-state index contributed by atoms with van der Waals surface area (Å²) in [7, 11) is 1.51. The summed E-state index contributed by atoms with van der Waals surface area (Å²) in [6.45, 7) is 1.94. The summed E-state index contributed by atoms with van der Waals surface area (Å²) in [5.74, 6) is 0.587. The van der Waals surface area contributed by atoms with Crippen molar-refractivity contribution < 1.29 is 33.4 Å². The number of para-hydroxylation sites is 1. The van der Waals surface area contributed by atoms with Crippen LogP contribution in [0.25, 0.3) is 22.4 Å². The molecule has 0 radical (unpaired) electrons. The molecule has 48 heavy (non-hydrogen) atoms. The molecule has 0 spiro atoms. The molecule has 2 aromatic heterocycles. The monoisotopic (exact) mass is 669 g/mol. The second kappa shape index (κ2) is 12.6. The van der Waals surface area contributed by atoms with Crippen molar-refractivity contribution in [2.24, 2.45) is 0 Å². The van der Waals surface area contributed by atoms with E-state index in [1.807, 2.05) is 24.3 Å². The lowest BCUT2D eigenvalue weighted by Gasteiger charge is -2.24. The molecule has 5 aromatic rings. The van der Waals surface area contributed by atoms with E-state index in [0.717, 1.165) is 16.5 Å². The van der Waals surface area contributed by atoms with Crippen LogP contribution < -0.4 is 20.1 Å². The fraction of sp³-hybridized carbons (Fsp3) is 0.257. The molecule has 2 aliphatic heterocycles. The summed E-state index contributed by atoms with van der Waals surface area (Å²) in [6, 6.07) is 16.0. The van der Waals surface area contributed by atoms with E-state index in [-0.39, 0.29) is 54.9 Å². The van der Waals surface area contributed by atoms with Gasteiger partial charge in [0.2, 0.25) is 17.7 Å². The molecule has 12 nitrogen and oxygen atoms in total. The molecule has 0 unspecified atom stereocenters. The highest BCUT2D eigenvalue weighted by Crippen LogP contribution is 2.39. The molecule has 7 rings (SSSR count). The number of oxazole rings is 1. The first-order valence-corrected chi connectivity index (χ1v) is 15.8. The summed E-state index contributed by atoms with van der Waals surface area (Å²) >= 11 is 6.52. The first-order valence-electron chi connectivity index (χ1n) is 15.5. The van der Waals surface area contributed by atoms with Gasteiger partial charge in [-0.3, -0.25) is 14.4 Å². The maximum absolute atomic E-state index is 13.7. The quantitative estimate of drug-likeness (QED) is 0.203. The summed E-state index contributed by atoms with van der Waals surface area (Å²) in [5, 5.41) is 17.5. The van der Waals surface area contributed by atoms with Gasteiger partial charge in [0.15, 0.2) is 23.0 Å². The van der Waals surface area contributed by atoms with Crippen LogP contribution in [0, 0.1) is 6.92 Å². The number of hydrogen-bond donors (Lipinski definition) is 4. The first kappa shape index (κ1) is 31.1. The molecule has 2 atom stereocenters. The summed E-state index contributed by atoms with van der Waals surface area (Å²) in [6.07, 6.45) is 0.596. The van der Waals surface area contributed by atoms with Gasteiger partial charge in [0.25, 0.3) is 5.91 Å². The number of rotatable bonds is 3. The van der Waals surface area contributed by atoms with Crippen molar-refractivity contribution in [1.82, 2.24) is 25.5 Å². The number of hydrogen-bond acceptors (Lipinski definition) is 8. The first-order chi connectivity index (χ1) is 23.2. The van der Waals surface area contributed by atoms with E-state index in [4.69, 9.17) is 25.5 Å². The van der Waals surface area contributed by atoms with E-state index in [1.54, 1.807) is 37.3 Å². The van der Waals surface area contributed by atoms with E-state index in [9.17, 15) is 19.5 Å². The number of phenols is 1. The molecule has 1 fully saturated rings. The Morgan fingerprint density at radius 2 is 1.94 bits per heavy atom. The minimum absolute atomic E-state index is 0.0619. The van der Waals surface area contributed by atoms with E-state index in [1.165, 1.54) is 18.1 Å². The zero-order chi connectivity index (χ0) is 33.5. The van der Waals surface area contributed by atoms with Gasteiger partial charge in [-0.2, -0.15) is 0 Å².